The first kappa shape index (κ1) is 27.7. The van der Waals surface area contributed by atoms with Crippen LogP contribution in [-0.4, -0.2) is 77.9 Å². The maximum absolute atomic E-state index is 0. The zero-order chi connectivity index (χ0) is 0. The molecule has 0 amide bonds. The molecule has 0 saturated heterocycles. The van der Waals surface area contributed by atoms with Crippen LogP contribution in [0.15, 0.2) is 0 Å². The second-order valence-electron chi connectivity index (χ2n) is 0. The summed E-state index contributed by atoms with van der Waals surface area (Å²) < 4.78 is 0. The third-order valence-electron chi connectivity index (χ3n) is 0. The average Bonchev–Trinajstić information content (AvgIpc) is 0. The molecule has 23 valence electrons. The van der Waals surface area contributed by atoms with E-state index in [1.165, 1.54) is 0 Å². The van der Waals surface area contributed by atoms with Gasteiger partial charge in [-0.05, 0) is 0 Å². The predicted octanol–water partition coefficient (Wildman–Crippen LogP) is -2.75. The van der Waals surface area contributed by atoms with Crippen LogP contribution in [0.25, 0.3) is 0 Å². The summed E-state index contributed by atoms with van der Waals surface area (Å²) in [5, 5.41) is 0. The van der Waals surface area contributed by atoms with Crippen molar-refractivity contribution in [1.29, 1.82) is 0 Å². The molecule has 0 fully saturated rings. The fourth-order valence-corrected chi connectivity index (χ4v) is 0. The van der Waals surface area contributed by atoms with Crippen LogP contribution in [0.1, 0.15) is 0 Å². The Morgan fingerprint density at radius 2 is 1.00 bits per heavy atom. The molecule has 4 heavy (non-hydrogen) atoms. The Morgan fingerprint density at radius 1 is 1.00 bits per heavy atom. The van der Waals surface area contributed by atoms with Gasteiger partial charge in [0.15, 0.2) is 0 Å². The van der Waals surface area contributed by atoms with Crippen LogP contribution >= 0.6 is 0 Å². The molecule has 0 heterocycles. The molecule has 0 aliphatic carbocycles. The maximum atomic E-state index is 0. The first-order valence-corrected chi connectivity index (χ1v) is 0. The number of rotatable bonds is 0. The van der Waals surface area contributed by atoms with Gasteiger partial charge < -0.3 is 0 Å². The van der Waals surface area contributed by atoms with Gasteiger partial charge in [-0.3, -0.25) is 0 Å². The summed E-state index contributed by atoms with van der Waals surface area (Å²) >= 11 is 0. The molecule has 0 unspecified atom stereocenters. The van der Waals surface area contributed by atoms with Crippen molar-refractivity contribution in [2.24, 2.45) is 0 Å². The van der Waals surface area contributed by atoms with E-state index in [-0.39, 0.29) is 94.9 Å². The van der Waals surface area contributed by atoms with Gasteiger partial charge in [0, 0.05) is 17.1 Å². The molecular formula is H6CaMgMnSe. The molecule has 0 rings (SSSR count). The Hall–Kier alpha value is 3.06. The third-order valence-corrected chi connectivity index (χ3v) is 0. The Kier molecular flexibility index (Phi) is 115. The van der Waals surface area contributed by atoms with Crippen molar-refractivity contribution in [2.45, 2.75) is 0 Å². The monoisotopic (exact) mass is 205 g/mol. The van der Waals surface area contributed by atoms with E-state index in [0.29, 0.717) is 0 Å². The molecule has 1 radical (unpaired) electrons. The van der Waals surface area contributed by atoms with Gasteiger partial charge in [0.2, 0.25) is 0 Å². The van der Waals surface area contributed by atoms with E-state index >= 15 is 0 Å². The molecule has 0 aromatic rings. The van der Waals surface area contributed by atoms with Gasteiger partial charge >= 0.3 is 77.9 Å². The van der Waals surface area contributed by atoms with E-state index in [0.717, 1.165) is 0 Å². The Bertz CT molecular complexity index is 8.00. The van der Waals surface area contributed by atoms with E-state index in [2.05, 4.69) is 0 Å². The van der Waals surface area contributed by atoms with Crippen molar-refractivity contribution in [3.8, 4) is 0 Å². The van der Waals surface area contributed by atoms with E-state index in [1.807, 2.05) is 0 Å². The Balaban J connectivity index is 0. The summed E-state index contributed by atoms with van der Waals surface area (Å²) in [6.45, 7) is 0. The predicted molar refractivity (Wildman–Crippen MR) is 25.6 cm³/mol. The quantitative estimate of drug-likeness (QED) is 0.375. The second-order valence-corrected chi connectivity index (χ2v) is 0. The Labute approximate surface area is 92.9 Å². The van der Waals surface area contributed by atoms with Gasteiger partial charge in [0.1, 0.15) is 0 Å². The van der Waals surface area contributed by atoms with Gasteiger partial charge in [-0.15, -0.1) is 0 Å². The molecule has 0 N–H and O–H groups in total. The minimum atomic E-state index is 0. The van der Waals surface area contributed by atoms with E-state index in [1.54, 1.807) is 0 Å². The molecule has 4 heteroatoms. The first-order valence-electron chi connectivity index (χ1n) is 0. The van der Waals surface area contributed by atoms with Gasteiger partial charge in [0.25, 0.3) is 0 Å². The van der Waals surface area contributed by atoms with Crippen molar-refractivity contribution in [2.75, 3.05) is 0 Å². The third kappa shape index (κ3) is 8.91. The first-order chi connectivity index (χ1) is 0. The minimum absolute atomic E-state index is 0. The summed E-state index contributed by atoms with van der Waals surface area (Å²) in [5.41, 5.74) is 0. The summed E-state index contributed by atoms with van der Waals surface area (Å²) in [6.07, 6.45) is 0. The van der Waals surface area contributed by atoms with Crippen molar-refractivity contribution in [3.05, 3.63) is 0 Å². The topological polar surface area (TPSA) is 0 Å². The summed E-state index contributed by atoms with van der Waals surface area (Å²) in [5.74, 6) is 0. The summed E-state index contributed by atoms with van der Waals surface area (Å²) in [4.78, 5) is 0. The summed E-state index contributed by atoms with van der Waals surface area (Å²) in [6, 6.07) is 0. The second kappa shape index (κ2) is 16.6. The molecule has 0 aromatic carbocycles. The summed E-state index contributed by atoms with van der Waals surface area (Å²) in [7, 11) is 0. The molecular weight excluding hydrogens is 198 g/mol. The fraction of sp³-hybridized carbons (Fsp3) is 0. The molecule has 0 saturated carbocycles. The van der Waals surface area contributed by atoms with E-state index in [4.69, 9.17) is 0 Å². The van der Waals surface area contributed by atoms with Crippen molar-refractivity contribution < 1.29 is 17.1 Å². The number of hydrogen-bond donors (Lipinski definition) is 0. The van der Waals surface area contributed by atoms with Crippen LogP contribution in [-0.2, 0) is 17.1 Å². The molecule has 0 atom stereocenters. The van der Waals surface area contributed by atoms with Crippen LogP contribution < -0.4 is 0 Å². The van der Waals surface area contributed by atoms with Crippen molar-refractivity contribution >= 4 is 77.9 Å². The normalized spacial score (nSPS) is 0. The molecule has 0 spiro atoms. The van der Waals surface area contributed by atoms with Crippen LogP contribution in [0.2, 0.25) is 0 Å². The molecule has 0 aliphatic rings. The fourth-order valence-electron chi connectivity index (χ4n) is 0. The molecule has 0 nitrogen and oxygen atoms in total. The van der Waals surface area contributed by atoms with Crippen molar-refractivity contribution in [1.82, 2.24) is 0 Å². The van der Waals surface area contributed by atoms with Gasteiger partial charge in [0.05, 0.1) is 0 Å². The number of hydrogen-bond acceptors (Lipinski definition) is 0. The van der Waals surface area contributed by atoms with Gasteiger partial charge in [-0.25, -0.2) is 0 Å². The van der Waals surface area contributed by atoms with Gasteiger partial charge in [-0.2, -0.15) is 0 Å². The van der Waals surface area contributed by atoms with E-state index in [9.17, 15) is 0 Å². The molecule has 0 bridgehead atoms. The molecule has 0 aromatic heterocycles. The zero-order valence-corrected chi connectivity index (χ0v) is 4.16. The van der Waals surface area contributed by atoms with Crippen molar-refractivity contribution in [3.63, 3.8) is 0 Å². The van der Waals surface area contributed by atoms with Gasteiger partial charge in [-0.1, -0.05) is 0 Å². The standard InChI is InChI=1S/Ca.Mg.Mn.H2Se.4H/h;;;1H2;;;;. The average molecular weight is 204 g/mol. The molecule has 0 aliphatic heterocycles. The van der Waals surface area contributed by atoms with E-state index < -0.39 is 0 Å². The SMILES string of the molecule is [CaH2].[MgH2].[Mn].[SeH2]. The zero-order valence-electron chi connectivity index (χ0n) is 0.878. The van der Waals surface area contributed by atoms with Crippen LogP contribution in [0.5, 0.6) is 0 Å². The van der Waals surface area contributed by atoms with Crippen LogP contribution in [0.4, 0.5) is 0 Å². The van der Waals surface area contributed by atoms with Crippen LogP contribution in [0.3, 0.4) is 0 Å². The van der Waals surface area contributed by atoms with Crippen LogP contribution in [0, 0.1) is 0 Å². The Morgan fingerprint density at radius 3 is 1.00 bits per heavy atom.